The number of hydrogen-bond donors (Lipinski definition) is 0. The maximum atomic E-state index is 6.17. The molecule has 96 valence electrons. The van der Waals surface area contributed by atoms with Crippen molar-refractivity contribution < 1.29 is 9.47 Å². The van der Waals surface area contributed by atoms with Gasteiger partial charge in [0, 0.05) is 12.5 Å². The molecule has 0 aromatic carbocycles. The maximum Gasteiger partial charge on any atom is 0.126 e. The van der Waals surface area contributed by atoms with Gasteiger partial charge in [0.2, 0.25) is 0 Å². The van der Waals surface area contributed by atoms with Gasteiger partial charge in [0.25, 0.3) is 0 Å². The van der Waals surface area contributed by atoms with E-state index in [0.29, 0.717) is 0 Å². The molecule has 0 spiro atoms. The van der Waals surface area contributed by atoms with Gasteiger partial charge >= 0.3 is 0 Å². The molecule has 2 rings (SSSR count). The van der Waals surface area contributed by atoms with Crippen molar-refractivity contribution in [3.05, 3.63) is 24.3 Å². The standard InChI is InChI=1S/C15H24O2/c1-11(2)7-10-15-13(3,4)9-8-12(16-6)14(15,5)17-15/h7,10,12H,1,8-9H2,2-6H3/b10-7+. The van der Waals surface area contributed by atoms with E-state index in [-0.39, 0.29) is 22.7 Å². The second-order valence-electron chi connectivity index (χ2n) is 6.27. The lowest BCUT2D eigenvalue weighted by Crippen LogP contribution is -2.48. The van der Waals surface area contributed by atoms with E-state index in [4.69, 9.17) is 9.47 Å². The van der Waals surface area contributed by atoms with Crippen LogP contribution in [0.1, 0.15) is 40.5 Å². The van der Waals surface area contributed by atoms with Crippen LogP contribution in [-0.4, -0.2) is 24.4 Å². The Labute approximate surface area is 105 Å². The molecule has 17 heavy (non-hydrogen) atoms. The summed E-state index contributed by atoms with van der Waals surface area (Å²) in [6.45, 7) is 12.7. The molecule has 1 aliphatic heterocycles. The molecule has 1 saturated carbocycles. The fourth-order valence-corrected chi connectivity index (χ4v) is 3.40. The molecule has 0 radical (unpaired) electrons. The highest BCUT2D eigenvalue weighted by Crippen LogP contribution is 2.66. The number of fused-ring (bicyclic) bond motifs is 1. The van der Waals surface area contributed by atoms with Gasteiger partial charge in [-0.25, -0.2) is 0 Å². The maximum absolute atomic E-state index is 6.17. The van der Waals surface area contributed by atoms with Crippen LogP contribution in [0.25, 0.3) is 0 Å². The van der Waals surface area contributed by atoms with Gasteiger partial charge in [-0.05, 0) is 32.8 Å². The van der Waals surface area contributed by atoms with Crippen molar-refractivity contribution in [3.8, 4) is 0 Å². The molecule has 3 atom stereocenters. The van der Waals surface area contributed by atoms with E-state index in [1.807, 2.05) is 6.92 Å². The quantitative estimate of drug-likeness (QED) is 0.553. The fraction of sp³-hybridized carbons (Fsp3) is 0.733. The van der Waals surface area contributed by atoms with E-state index >= 15 is 0 Å². The van der Waals surface area contributed by atoms with Crippen molar-refractivity contribution in [2.75, 3.05) is 7.11 Å². The number of hydrogen-bond acceptors (Lipinski definition) is 2. The normalized spacial score (nSPS) is 43.5. The summed E-state index contributed by atoms with van der Waals surface area (Å²) in [6, 6.07) is 0. The number of epoxide rings is 1. The third-order valence-electron chi connectivity index (χ3n) is 4.61. The molecule has 3 unspecified atom stereocenters. The lowest BCUT2D eigenvalue weighted by molar-refractivity contribution is 0.0122. The minimum atomic E-state index is -0.183. The van der Waals surface area contributed by atoms with Crippen LogP contribution >= 0.6 is 0 Å². The molecule has 0 aromatic heterocycles. The van der Waals surface area contributed by atoms with Gasteiger partial charge in [0.05, 0.1) is 6.10 Å². The molecular formula is C15H24O2. The Hall–Kier alpha value is -0.600. The number of allylic oxidation sites excluding steroid dienone is 2. The predicted octanol–water partition coefficient (Wildman–Crippen LogP) is 3.48. The first-order valence-corrected chi connectivity index (χ1v) is 6.37. The molecular weight excluding hydrogens is 212 g/mol. The Bertz CT molecular complexity index is 369. The van der Waals surface area contributed by atoms with Gasteiger partial charge in [0.1, 0.15) is 11.2 Å². The van der Waals surface area contributed by atoms with Gasteiger partial charge in [-0.3, -0.25) is 0 Å². The molecule has 2 aliphatic rings. The minimum Gasteiger partial charge on any atom is -0.378 e. The molecule has 1 heterocycles. The van der Waals surface area contributed by atoms with E-state index in [9.17, 15) is 0 Å². The summed E-state index contributed by atoms with van der Waals surface area (Å²) in [5, 5.41) is 0. The lowest BCUT2D eigenvalue weighted by atomic mass is 9.63. The Kier molecular flexibility index (Phi) is 2.79. The van der Waals surface area contributed by atoms with E-state index in [1.54, 1.807) is 7.11 Å². The Morgan fingerprint density at radius 2 is 2.06 bits per heavy atom. The zero-order valence-electron chi connectivity index (χ0n) is 11.7. The first kappa shape index (κ1) is 12.8. The smallest absolute Gasteiger partial charge is 0.126 e. The van der Waals surface area contributed by atoms with Crippen molar-refractivity contribution in [1.29, 1.82) is 0 Å². The van der Waals surface area contributed by atoms with Crippen LogP contribution in [0, 0.1) is 5.41 Å². The second-order valence-corrected chi connectivity index (χ2v) is 6.27. The van der Waals surface area contributed by atoms with Crippen molar-refractivity contribution in [2.24, 2.45) is 5.41 Å². The Morgan fingerprint density at radius 1 is 1.41 bits per heavy atom. The van der Waals surface area contributed by atoms with E-state index in [0.717, 1.165) is 18.4 Å². The summed E-state index contributed by atoms with van der Waals surface area (Å²) < 4.78 is 11.8. The molecule has 0 aromatic rings. The minimum absolute atomic E-state index is 0.155. The highest BCUT2D eigenvalue weighted by molar-refractivity contribution is 5.35. The van der Waals surface area contributed by atoms with Gasteiger partial charge in [-0.15, -0.1) is 0 Å². The summed E-state index contributed by atoms with van der Waals surface area (Å²) >= 11 is 0. The summed E-state index contributed by atoms with van der Waals surface area (Å²) in [5.41, 5.74) is 0.864. The SMILES string of the molecule is C=C(C)/C=C/C12OC1(C)C(OC)CCC2(C)C. The number of ether oxygens (including phenoxy) is 2. The van der Waals surface area contributed by atoms with Crippen LogP contribution in [0.4, 0.5) is 0 Å². The zero-order chi connectivity index (χ0) is 12.9. The molecule has 2 nitrogen and oxygen atoms in total. The van der Waals surface area contributed by atoms with Crippen molar-refractivity contribution >= 4 is 0 Å². The van der Waals surface area contributed by atoms with Crippen LogP contribution < -0.4 is 0 Å². The van der Waals surface area contributed by atoms with Crippen LogP contribution in [0.2, 0.25) is 0 Å². The largest absolute Gasteiger partial charge is 0.378 e. The number of methoxy groups -OCH3 is 1. The molecule has 0 bridgehead atoms. The van der Waals surface area contributed by atoms with Crippen LogP contribution in [0.5, 0.6) is 0 Å². The molecule has 1 saturated heterocycles. The molecule has 0 amide bonds. The van der Waals surface area contributed by atoms with E-state index in [1.165, 1.54) is 0 Å². The van der Waals surface area contributed by atoms with E-state index < -0.39 is 0 Å². The molecule has 1 aliphatic carbocycles. The van der Waals surface area contributed by atoms with Gasteiger partial charge in [-0.1, -0.05) is 32.1 Å². The summed E-state index contributed by atoms with van der Waals surface area (Å²) in [4.78, 5) is 0. The van der Waals surface area contributed by atoms with Gasteiger partial charge in [-0.2, -0.15) is 0 Å². The van der Waals surface area contributed by atoms with Gasteiger partial charge < -0.3 is 9.47 Å². The zero-order valence-corrected chi connectivity index (χ0v) is 11.7. The highest BCUT2D eigenvalue weighted by atomic mass is 16.7. The average molecular weight is 236 g/mol. The van der Waals surface area contributed by atoms with Crippen LogP contribution in [0.15, 0.2) is 24.3 Å². The first-order chi connectivity index (χ1) is 7.79. The Balaban J connectivity index is 2.34. The van der Waals surface area contributed by atoms with Crippen molar-refractivity contribution in [3.63, 3.8) is 0 Å². The third-order valence-corrected chi connectivity index (χ3v) is 4.61. The molecule has 2 fully saturated rings. The highest BCUT2D eigenvalue weighted by Gasteiger charge is 2.77. The number of rotatable bonds is 3. The fourth-order valence-electron chi connectivity index (χ4n) is 3.40. The topological polar surface area (TPSA) is 21.8 Å². The Morgan fingerprint density at radius 3 is 2.59 bits per heavy atom. The van der Waals surface area contributed by atoms with Crippen molar-refractivity contribution in [2.45, 2.75) is 57.8 Å². The third kappa shape index (κ3) is 1.61. The molecule has 2 heteroatoms. The monoisotopic (exact) mass is 236 g/mol. The van der Waals surface area contributed by atoms with Crippen LogP contribution in [-0.2, 0) is 9.47 Å². The summed E-state index contributed by atoms with van der Waals surface area (Å²) in [5.74, 6) is 0. The van der Waals surface area contributed by atoms with Crippen LogP contribution in [0.3, 0.4) is 0 Å². The molecule has 0 N–H and O–H groups in total. The van der Waals surface area contributed by atoms with Crippen molar-refractivity contribution in [1.82, 2.24) is 0 Å². The average Bonchev–Trinajstić information content (AvgIpc) is 2.85. The van der Waals surface area contributed by atoms with Gasteiger partial charge in [0.15, 0.2) is 0 Å². The summed E-state index contributed by atoms with van der Waals surface area (Å²) in [6.07, 6.45) is 6.67. The predicted molar refractivity (Wildman–Crippen MR) is 70.0 cm³/mol. The summed E-state index contributed by atoms with van der Waals surface area (Å²) in [7, 11) is 1.78. The second kappa shape index (κ2) is 3.69. The lowest BCUT2D eigenvalue weighted by Gasteiger charge is -2.40. The van der Waals surface area contributed by atoms with E-state index in [2.05, 4.69) is 39.5 Å². The first-order valence-electron chi connectivity index (χ1n) is 6.37.